The lowest BCUT2D eigenvalue weighted by molar-refractivity contribution is 0.367. The van der Waals surface area contributed by atoms with Gasteiger partial charge in [0.15, 0.2) is 5.50 Å². The van der Waals surface area contributed by atoms with Crippen LogP contribution >= 0.6 is 11.8 Å². The fraction of sp³-hybridized carbons (Fsp3) is 0.222. The summed E-state index contributed by atoms with van der Waals surface area (Å²) >= 11 is 1.84. The number of fused-ring (bicyclic) bond motifs is 3. The molecule has 0 spiro atoms. The Kier molecular flexibility index (Phi) is 1.35. The average molecular weight is 191 g/mol. The van der Waals surface area contributed by atoms with E-state index in [4.69, 9.17) is 0 Å². The van der Waals surface area contributed by atoms with Crippen molar-refractivity contribution in [2.24, 2.45) is 5.10 Å². The van der Waals surface area contributed by atoms with Crippen LogP contribution in [-0.4, -0.2) is 23.9 Å². The number of nitrogens with zero attached hydrogens (tertiary/aromatic N) is 3. The first-order chi connectivity index (χ1) is 6.36. The summed E-state index contributed by atoms with van der Waals surface area (Å²) in [5.41, 5.74) is 1.60. The maximum Gasteiger partial charge on any atom is 0.175 e. The van der Waals surface area contributed by atoms with E-state index in [1.54, 1.807) is 0 Å². The second-order valence-corrected chi connectivity index (χ2v) is 4.22. The van der Waals surface area contributed by atoms with Crippen molar-refractivity contribution < 1.29 is 0 Å². The van der Waals surface area contributed by atoms with E-state index in [9.17, 15) is 0 Å². The van der Waals surface area contributed by atoms with Gasteiger partial charge in [0.2, 0.25) is 0 Å². The van der Waals surface area contributed by atoms with Crippen molar-refractivity contribution >= 4 is 23.8 Å². The van der Waals surface area contributed by atoms with Crippen LogP contribution in [-0.2, 0) is 0 Å². The molecular weight excluding hydrogens is 182 g/mol. The first-order valence-electron chi connectivity index (χ1n) is 4.17. The van der Waals surface area contributed by atoms with Crippen molar-refractivity contribution in [1.29, 1.82) is 0 Å². The predicted octanol–water partition coefficient (Wildman–Crippen LogP) is 1.77. The number of anilines is 1. The summed E-state index contributed by atoms with van der Waals surface area (Å²) in [5, 5.41) is 6.21. The normalized spacial score (nSPS) is 23.6. The van der Waals surface area contributed by atoms with E-state index in [0.29, 0.717) is 5.50 Å². The molecule has 1 aromatic carbocycles. The molecule has 0 aliphatic carbocycles. The quantitative estimate of drug-likeness (QED) is 0.623. The second-order valence-electron chi connectivity index (χ2n) is 3.12. The van der Waals surface area contributed by atoms with Crippen LogP contribution in [0.3, 0.4) is 0 Å². The summed E-state index contributed by atoms with van der Waals surface area (Å²) in [7, 11) is 2.00. The Morgan fingerprint density at radius 2 is 2.23 bits per heavy atom. The van der Waals surface area contributed by atoms with Gasteiger partial charge < -0.3 is 0 Å². The standard InChI is InChI=1S/C9H9N3S/c1-11-9-12(6-10-11)7-4-2-3-5-8(7)13-9/h2-6,9H,1H3. The van der Waals surface area contributed by atoms with Crippen LogP contribution in [0.4, 0.5) is 5.69 Å². The van der Waals surface area contributed by atoms with Crippen molar-refractivity contribution in [1.82, 2.24) is 5.01 Å². The summed E-state index contributed by atoms with van der Waals surface area (Å²) in [6.07, 6.45) is 1.89. The van der Waals surface area contributed by atoms with Crippen molar-refractivity contribution in [3.63, 3.8) is 0 Å². The summed E-state index contributed by atoms with van der Waals surface area (Å²) in [5.74, 6) is 0. The molecule has 0 saturated carbocycles. The van der Waals surface area contributed by atoms with Crippen LogP contribution < -0.4 is 4.90 Å². The molecule has 1 aromatic rings. The van der Waals surface area contributed by atoms with E-state index in [2.05, 4.69) is 34.3 Å². The van der Waals surface area contributed by atoms with Crippen LogP contribution in [0.5, 0.6) is 0 Å². The highest BCUT2D eigenvalue weighted by Crippen LogP contribution is 2.44. The van der Waals surface area contributed by atoms with Gasteiger partial charge in [0.25, 0.3) is 0 Å². The number of hydrazone groups is 1. The largest absolute Gasteiger partial charge is 0.298 e. The maximum absolute atomic E-state index is 4.23. The van der Waals surface area contributed by atoms with E-state index in [0.717, 1.165) is 0 Å². The molecule has 4 heteroatoms. The smallest absolute Gasteiger partial charge is 0.175 e. The van der Waals surface area contributed by atoms with Gasteiger partial charge in [-0.15, -0.1) is 0 Å². The molecule has 0 saturated heterocycles. The minimum Gasteiger partial charge on any atom is -0.298 e. The lowest BCUT2D eigenvalue weighted by Gasteiger charge is -2.19. The average Bonchev–Trinajstić information content (AvgIpc) is 2.67. The zero-order valence-corrected chi connectivity index (χ0v) is 8.03. The Bertz CT molecular complexity index is 377. The third-order valence-electron chi connectivity index (χ3n) is 2.29. The van der Waals surface area contributed by atoms with E-state index >= 15 is 0 Å². The van der Waals surface area contributed by atoms with Gasteiger partial charge >= 0.3 is 0 Å². The second kappa shape index (κ2) is 2.42. The Morgan fingerprint density at radius 3 is 3.15 bits per heavy atom. The molecule has 2 aliphatic heterocycles. The SMILES string of the molecule is CN1N=CN2c3ccccc3SC12. The van der Waals surface area contributed by atoms with E-state index in [1.807, 2.05) is 30.2 Å². The fourth-order valence-electron chi connectivity index (χ4n) is 1.63. The summed E-state index contributed by atoms with van der Waals surface area (Å²) in [6.45, 7) is 0. The first-order valence-corrected chi connectivity index (χ1v) is 5.05. The zero-order valence-electron chi connectivity index (χ0n) is 7.21. The molecule has 13 heavy (non-hydrogen) atoms. The summed E-state index contributed by atoms with van der Waals surface area (Å²) < 4.78 is 0. The first kappa shape index (κ1) is 7.26. The Balaban J connectivity index is 2.09. The monoisotopic (exact) mass is 191 g/mol. The number of benzene rings is 1. The van der Waals surface area contributed by atoms with Gasteiger partial charge in [-0.05, 0) is 12.1 Å². The van der Waals surface area contributed by atoms with Crippen molar-refractivity contribution in [3.8, 4) is 0 Å². The van der Waals surface area contributed by atoms with Gasteiger partial charge in [-0.3, -0.25) is 9.91 Å². The number of hydrogen-bond acceptors (Lipinski definition) is 4. The molecule has 0 radical (unpaired) electrons. The Morgan fingerprint density at radius 1 is 1.38 bits per heavy atom. The summed E-state index contributed by atoms with van der Waals surface area (Å²) in [6, 6.07) is 8.42. The van der Waals surface area contributed by atoms with Gasteiger partial charge in [-0.2, -0.15) is 5.10 Å². The van der Waals surface area contributed by atoms with Gasteiger partial charge in [-0.1, -0.05) is 23.9 Å². The molecular formula is C9H9N3S. The van der Waals surface area contributed by atoms with Crippen molar-refractivity contribution in [2.75, 3.05) is 11.9 Å². The molecule has 2 heterocycles. The molecule has 0 aromatic heterocycles. The fourth-order valence-corrected chi connectivity index (χ4v) is 2.80. The van der Waals surface area contributed by atoms with E-state index in [-0.39, 0.29) is 0 Å². The Labute approximate surface area is 81.0 Å². The zero-order chi connectivity index (χ0) is 8.84. The highest BCUT2D eigenvalue weighted by Gasteiger charge is 2.34. The minimum atomic E-state index is 0.331. The number of rotatable bonds is 0. The molecule has 3 rings (SSSR count). The predicted molar refractivity (Wildman–Crippen MR) is 54.8 cm³/mol. The number of hydrogen-bond donors (Lipinski definition) is 0. The van der Waals surface area contributed by atoms with Crippen LogP contribution in [0.15, 0.2) is 34.3 Å². The van der Waals surface area contributed by atoms with E-state index < -0.39 is 0 Å². The molecule has 0 bridgehead atoms. The maximum atomic E-state index is 4.23. The highest BCUT2D eigenvalue weighted by molar-refractivity contribution is 8.00. The molecule has 1 atom stereocenters. The van der Waals surface area contributed by atoms with Crippen molar-refractivity contribution in [3.05, 3.63) is 24.3 Å². The molecule has 66 valence electrons. The van der Waals surface area contributed by atoms with Crippen LogP contribution in [0, 0.1) is 0 Å². The van der Waals surface area contributed by atoms with Gasteiger partial charge in [0, 0.05) is 11.9 Å². The molecule has 0 fully saturated rings. The third kappa shape index (κ3) is 0.891. The molecule has 1 unspecified atom stereocenters. The van der Waals surface area contributed by atoms with Gasteiger partial charge in [0.1, 0.15) is 6.34 Å². The van der Waals surface area contributed by atoms with Crippen LogP contribution in [0.25, 0.3) is 0 Å². The van der Waals surface area contributed by atoms with Crippen LogP contribution in [0.1, 0.15) is 0 Å². The van der Waals surface area contributed by atoms with E-state index in [1.165, 1.54) is 10.6 Å². The number of para-hydroxylation sites is 1. The lowest BCUT2D eigenvalue weighted by Crippen LogP contribution is -2.31. The molecule has 2 aliphatic rings. The lowest BCUT2D eigenvalue weighted by atomic mass is 10.3. The molecule has 0 N–H and O–H groups in total. The highest BCUT2D eigenvalue weighted by atomic mass is 32.2. The summed E-state index contributed by atoms with van der Waals surface area (Å²) in [4.78, 5) is 3.53. The topological polar surface area (TPSA) is 18.8 Å². The van der Waals surface area contributed by atoms with Crippen molar-refractivity contribution in [2.45, 2.75) is 10.4 Å². The van der Waals surface area contributed by atoms with Gasteiger partial charge in [0.05, 0.1) is 5.69 Å². The molecule has 0 amide bonds. The minimum absolute atomic E-state index is 0.331. The van der Waals surface area contributed by atoms with Gasteiger partial charge in [-0.25, -0.2) is 0 Å². The molecule has 3 nitrogen and oxygen atoms in total. The van der Waals surface area contributed by atoms with Crippen LogP contribution in [0.2, 0.25) is 0 Å². The third-order valence-corrected chi connectivity index (χ3v) is 3.63. The Hall–Kier alpha value is -1.16. The number of thioether (sulfide) groups is 1.